The second-order valence-corrected chi connectivity index (χ2v) is 4.14. The topological polar surface area (TPSA) is 61.5 Å². The first-order valence-corrected chi connectivity index (χ1v) is 5.53. The molecule has 1 atom stereocenters. The Hall–Kier alpha value is -0.780. The highest BCUT2D eigenvalue weighted by molar-refractivity contribution is 9.10. The quantitative estimate of drug-likeness (QED) is 0.864. The summed E-state index contributed by atoms with van der Waals surface area (Å²) in [5, 5.41) is 0. The lowest BCUT2D eigenvalue weighted by Gasteiger charge is -2.12. The molecule has 0 spiro atoms. The minimum Gasteiger partial charge on any atom is -0.496 e. The van der Waals surface area contributed by atoms with Crippen LogP contribution < -0.4 is 10.5 Å². The standard InChI is InChI=1S/C11H14BrNO3.ClH/c1-15-10-4-3-7(5-8(10)12)9(13)6-11(14)16-2;/h3-5,9H,6,13H2,1-2H3;1H. The van der Waals surface area contributed by atoms with E-state index in [1.54, 1.807) is 13.2 Å². The molecular weight excluding hydrogens is 309 g/mol. The van der Waals surface area contributed by atoms with Gasteiger partial charge in [-0.25, -0.2) is 0 Å². The van der Waals surface area contributed by atoms with Gasteiger partial charge in [-0.2, -0.15) is 0 Å². The van der Waals surface area contributed by atoms with E-state index in [-0.39, 0.29) is 30.8 Å². The predicted molar refractivity (Wildman–Crippen MR) is 71.5 cm³/mol. The Morgan fingerprint density at radius 3 is 2.59 bits per heavy atom. The number of benzene rings is 1. The molecule has 0 aliphatic carbocycles. The summed E-state index contributed by atoms with van der Waals surface area (Å²) < 4.78 is 10.5. The molecule has 0 heterocycles. The highest BCUT2D eigenvalue weighted by Gasteiger charge is 2.13. The number of carbonyl (C=O) groups is 1. The van der Waals surface area contributed by atoms with Crippen molar-refractivity contribution in [3.8, 4) is 5.75 Å². The monoisotopic (exact) mass is 323 g/mol. The molecule has 0 saturated carbocycles. The molecule has 6 heteroatoms. The second-order valence-electron chi connectivity index (χ2n) is 3.28. The van der Waals surface area contributed by atoms with Gasteiger partial charge in [0, 0.05) is 6.04 Å². The van der Waals surface area contributed by atoms with Gasteiger partial charge in [0.1, 0.15) is 5.75 Å². The van der Waals surface area contributed by atoms with Crippen LogP contribution in [0, 0.1) is 0 Å². The van der Waals surface area contributed by atoms with E-state index in [0.717, 1.165) is 15.8 Å². The lowest BCUT2D eigenvalue weighted by Crippen LogP contribution is -2.16. The van der Waals surface area contributed by atoms with Crippen LogP contribution in [-0.2, 0) is 9.53 Å². The summed E-state index contributed by atoms with van der Waals surface area (Å²) in [6, 6.07) is 5.11. The number of methoxy groups -OCH3 is 2. The van der Waals surface area contributed by atoms with E-state index in [9.17, 15) is 4.79 Å². The zero-order valence-electron chi connectivity index (χ0n) is 9.60. The first-order chi connectivity index (χ1) is 7.58. The molecule has 0 aliphatic rings. The van der Waals surface area contributed by atoms with Crippen LogP contribution in [0.3, 0.4) is 0 Å². The minimum absolute atomic E-state index is 0. The number of hydrogen-bond acceptors (Lipinski definition) is 4. The summed E-state index contributed by atoms with van der Waals surface area (Å²) in [4.78, 5) is 11.1. The third-order valence-corrected chi connectivity index (χ3v) is 2.84. The number of ether oxygens (including phenoxy) is 2. The van der Waals surface area contributed by atoms with Crippen molar-refractivity contribution in [3.05, 3.63) is 28.2 Å². The van der Waals surface area contributed by atoms with Gasteiger partial charge in [0.2, 0.25) is 0 Å². The summed E-state index contributed by atoms with van der Waals surface area (Å²) in [5.74, 6) is 0.411. The lowest BCUT2D eigenvalue weighted by molar-refractivity contribution is -0.141. The number of carbonyl (C=O) groups excluding carboxylic acids is 1. The van der Waals surface area contributed by atoms with Crippen LogP contribution in [0.15, 0.2) is 22.7 Å². The summed E-state index contributed by atoms with van der Waals surface area (Å²) in [6.45, 7) is 0. The Labute approximate surface area is 115 Å². The third kappa shape index (κ3) is 4.53. The van der Waals surface area contributed by atoms with Crippen molar-refractivity contribution in [2.45, 2.75) is 12.5 Å². The number of halogens is 2. The van der Waals surface area contributed by atoms with Gasteiger partial charge in [0.15, 0.2) is 0 Å². The number of hydrogen-bond donors (Lipinski definition) is 1. The van der Waals surface area contributed by atoms with Crippen LogP contribution >= 0.6 is 28.3 Å². The Kier molecular flexibility index (Phi) is 7.18. The van der Waals surface area contributed by atoms with Gasteiger partial charge in [0.25, 0.3) is 0 Å². The molecule has 0 saturated heterocycles. The predicted octanol–water partition coefficient (Wildman–Crippen LogP) is 2.44. The Bertz CT molecular complexity index is 387. The van der Waals surface area contributed by atoms with E-state index in [4.69, 9.17) is 10.5 Å². The summed E-state index contributed by atoms with van der Waals surface area (Å²) in [7, 11) is 2.94. The van der Waals surface area contributed by atoms with E-state index in [1.807, 2.05) is 12.1 Å². The normalized spacial score (nSPS) is 11.3. The molecule has 1 unspecified atom stereocenters. The first-order valence-electron chi connectivity index (χ1n) is 4.74. The van der Waals surface area contributed by atoms with Gasteiger partial charge >= 0.3 is 5.97 Å². The van der Waals surface area contributed by atoms with Crippen molar-refractivity contribution >= 4 is 34.3 Å². The van der Waals surface area contributed by atoms with E-state index >= 15 is 0 Å². The number of nitrogens with two attached hydrogens (primary N) is 1. The molecule has 2 N–H and O–H groups in total. The molecule has 17 heavy (non-hydrogen) atoms. The fourth-order valence-electron chi connectivity index (χ4n) is 1.29. The molecule has 0 radical (unpaired) electrons. The first kappa shape index (κ1) is 16.2. The molecule has 96 valence electrons. The van der Waals surface area contributed by atoms with Crippen molar-refractivity contribution in [2.24, 2.45) is 5.73 Å². The molecule has 1 aromatic carbocycles. The third-order valence-electron chi connectivity index (χ3n) is 2.22. The smallest absolute Gasteiger partial charge is 0.307 e. The zero-order valence-corrected chi connectivity index (χ0v) is 12.0. The maximum atomic E-state index is 11.1. The zero-order chi connectivity index (χ0) is 12.1. The van der Waals surface area contributed by atoms with Gasteiger partial charge in [0.05, 0.1) is 25.1 Å². The summed E-state index contributed by atoms with van der Waals surface area (Å²) in [5.41, 5.74) is 6.73. The lowest BCUT2D eigenvalue weighted by atomic mass is 10.0. The maximum Gasteiger partial charge on any atom is 0.307 e. The van der Waals surface area contributed by atoms with Crippen molar-refractivity contribution in [2.75, 3.05) is 14.2 Å². The van der Waals surface area contributed by atoms with Crippen LogP contribution in [0.25, 0.3) is 0 Å². The van der Waals surface area contributed by atoms with Gasteiger partial charge in [-0.05, 0) is 33.6 Å². The molecular formula is C11H15BrClNO3. The summed E-state index contributed by atoms with van der Waals surface area (Å²) in [6.07, 6.45) is 0.162. The van der Waals surface area contributed by atoms with Gasteiger partial charge < -0.3 is 15.2 Å². The van der Waals surface area contributed by atoms with Gasteiger partial charge in [-0.15, -0.1) is 12.4 Å². The van der Waals surface area contributed by atoms with Crippen molar-refractivity contribution < 1.29 is 14.3 Å². The van der Waals surface area contributed by atoms with Gasteiger partial charge in [-0.1, -0.05) is 6.07 Å². The van der Waals surface area contributed by atoms with Gasteiger partial charge in [-0.3, -0.25) is 4.79 Å². The molecule has 1 aromatic rings. The maximum absolute atomic E-state index is 11.1. The van der Waals surface area contributed by atoms with Crippen molar-refractivity contribution in [1.82, 2.24) is 0 Å². The Balaban J connectivity index is 0.00000256. The molecule has 0 bridgehead atoms. The molecule has 1 rings (SSSR count). The van der Waals surface area contributed by atoms with Crippen LogP contribution in [0.1, 0.15) is 18.0 Å². The van der Waals surface area contributed by atoms with E-state index in [1.165, 1.54) is 7.11 Å². The number of rotatable bonds is 4. The molecule has 0 amide bonds. The van der Waals surface area contributed by atoms with Crippen molar-refractivity contribution in [1.29, 1.82) is 0 Å². The summed E-state index contributed by atoms with van der Waals surface area (Å²) >= 11 is 3.36. The molecule has 4 nitrogen and oxygen atoms in total. The van der Waals surface area contributed by atoms with Crippen LogP contribution in [0.2, 0.25) is 0 Å². The number of esters is 1. The Morgan fingerprint density at radius 2 is 2.12 bits per heavy atom. The van der Waals surface area contributed by atoms with Crippen LogP contribution in [0.5, 0.6) is 5.75 Å². The highest BCUT2D eigenvalue weighted by Crippen LogP contribution is 2.28. The van der Waals surface area contributed by atoms with E-state index in [2.05, 4.69) is 20.7 Å². The minimum atomic E-state index is -0.366. The van der Waals surface area contributed by atoms with E-state index < -0.39 is 0 Å². The van der Waals surface area contributed by atoms with Crippen molar-refractivity contribution in [3.63, 3.8) is 0 Å². The van der Waals surface area contributed by atoms with Crippen LogP contribution in [0.4, 0.5) is 0 Å². The average Bonchev–Trinajstić information content (AvgIpc) is 2.28. The largest absolute Gasteiger partial charge is 0.496 e. The fraction of sp³-hybridized carbons (Fsp3) is 0.364. The average molecular weight is 325 g/mol. The molecule has 0 fully saturated rings. The Morgan fingerprint density at radius 1 is 1.47 bits per heavy atom. The SMILES string of the molecule is COC(=O)CC(N)c1ccc(OC)c(Br)c1.Cl. The van der Waals surface area contributed by atoms with Crippen LogP contribution in [-0.4, -0.2) is 20.2 Å². The molecule has 0 aromatic heterocycles. The molecule has 0 aliphatic heterocycles. The fourth-order valence-corrected chi connectivity index (χ4v) is 1.85. The van der Waals surface area contributed by atoms with E-state index in [0.29, 0.717) is 0 Å². The second kappa shape index (κ2) is 7.53. The highest BCUT2D eigenvalue weighted by atomic mass is 79.9.